The molecule has 0 fully saturated rings. The normalized spacial score (nSPS) is 13.5. The number of fused-ring (bicyclic) bond motifs is 4. The molecule has 2 aliphatic heterocycles. The van der Waals surface area contributed by atoms with Gasteiger partial charge in [-0.15, -0.1) is 0 Å². The van der Waals surface area contributed by atoms with Crippen molar-refractivity contribution < 1.29 is 4.74 Å². The highest BCUT2D eigenvalue weighted by Crippen LogP contribution is 2.41. The Kier molecular flexibility index (Phi) is 5.71. The molecule has 0 N–H and O–H groups in total. The van der Waals surface area contributed by atoms with Crippen LogP contribution in [0.15, 0.2) is 133 Å². The van der Waals surface area contributed by atoms with Crippen molar-refractivity contribution in [2.24, 2.45) is 0 Å². The second-order valence-corrected chi connectivity index (χ2v) is 10.0. The molecule has 0 atom stereocenters. The molecule has 0 saturated heterocycles. The Balaban J connectivity index is 1.46. The maximum absolute atomic E-state index is 6.49. The first-order chi connectivity index (χ1) is 19.3. The van der Waals surface area contributed by atoms with Crippen LogP contribution in [0.4, 0.5) is 17.1 Å². The molecule has 0 radical (unpaired) electrons. The predicted molar refractivity (Wildman–Crippen MR) is 166 cm³/mol. The molecule has 0 unspecified atom stereocenters. The average Bonchev–Trinajstić information content (AvgIpc) is 3.00. The zero-order valence-corrected chi connectivity index (χ0v) is 22.1. The van der Waals surface area contributed by atoms with Crippen LogP contribution >= 0.6 is 0 Å². The summed E-state index contributed by atoms with van der Waals surface area (Å²) in [5, 5.41) is 0. The van der Waals surface area contributed by atoms with E-state index in [1.807, 2.05) is 0 Å². The molecule has 2 nitrogen and oxygen atoms in total. The summed E-state index contributed by atoms with van der Waals surface area (Å²) in [6.07, 6.45) is 6.40. The second-order valence-electron chi connectivity index (χ2n) is 10.0. The molecule has 39 heavy (non-hydrogen) atoms. The topological polar surface area (TPSA) is 12.5 Å². The predicted octanol–water partition coefficient (Wildman–Crippen LogP) is 7.74. The summed E-state index contributed by atoms with van der Waals surface area (Å²) in [5.74, 6) is 1.86. The number of allylic oxidation sites excluding steroid dienone is 4. The van der Waals surface area contributed by atoms with Crippen molar-refractivity contribution in [1.82, 2.24) is 0 Å². The van der Waals surface area contributed by atoms with Gasteiger partial charge < -0.3 is 9.64 Å². The molecule has 0 aliphatic carbocycles. The van der Waals surface area contributed by atoms with Gasteiger partial charge in [-0.2, -0.15) is 0 Å². The Morgan fingerprint density at radius 1 is 0.667 bits per heavy atom. The van der Waals surface area contributed by atoms with Crippen molar-refractivity contribution in [3.8, 4) is 22.6 Å². The molecule has 0 bridgehead atoms. The van der Waals surface area contributed by atoms with Crippen LogP contribution in [-0.2, 0) is 0 Å². The molecular formula is C36H28BNO. The number of ether oxygens (including phenoxy) is 1. The lowest BCUT2D eigenvalue weighted by molar-refractivity contribution is 0.487. The van der Waals surface area contributed by atoms with E-state index in [-0.39, 0.29) is 6.71 Å². The van der Waals surface area contributed by atoms with Gasteiger partial charge in [0.25, 0.3) is 6.71 Å². The van der Waals surface area contributed by atoms with Gasteiger partial charge in [0.15, 0.2) is 0 Å². The summed E-state index contributed by atoms with van der Waals surface area (Å²) in [6, 6.07) is 41.4. The average molecular weight is 501 g/mol. The number of nitrogens with zero attached hydrogens (tertiary/aromatic N) is 1. The van der Waals surface area contributed by atoms with Crippen molar-refractivity contribution in [2.45, 2.75) is 13.8 Å². The Hall–Kier alpha value is -4.76. The fourth-order valence-electron chi connectivity index (χ4n) is 6.06. The van der Waals surface area contributed by atoms with Gasteiger partial charge in [-0.3, -0.25) is 0 Å². The highest BCUT2D eigenvalue weighted by atomic mass is 16.5. The quantitative estimate of drug-likeness (QED) is 0.181. The van der Waals surface area contributed by atoms with E-state index in [2.05, 4.69) is 152 Å². The lowest BCUT2D eigenvalue weighted by Crippen LogP contribution is -2.59. The SMILES string of the molecule is C/C=C\C(=C/C)c1ccc(N2c3ccc(-c4ccccc4)cc3B3c4ccccc4Oc4cccc2c43)cc1. The van der Waals surface area contributed by atoms with E-state index in [9.17, 15) is 0 Å². The Bertz CT molecular complexity index is 1750. The van der Waals surface area contributed by atoms with E-state index in [1.54, 1.807) is 0 Å². The molecule has 0 amide bonds. The van der Waals surface area contributed by atoms with Gasteiger partial charge in [0.2, 0.25) is 0 Å². The molecule has 2 heterocycles. The zero-order valence-electron chi connectivity index (χ0n) is 22.1. The fraction of sp³-hybridized carbons (Fsp3) is 0.0556. The highest BCUT2D eigenvalue weighted by Gasteiger charge is 2.41. The van der Waals surface area contributed by atoms with Crippen molar-refractivity contribution >= 4 is 45.7 Å². The van der Waals surface area contributed by atoms with Crippen molar-refractivity contribution in [3.63, 3.8) is 0 Å². The lowest BCUT2D eigenvalue weighted by atomic mass is 9.34. The van der Waals surface area contributed by atoms with Gasteiger partial charge in [0, 0.05) is 17.1 Å². The van der Waals surface area contributed by atoms with Gasteiger partial charge in [-0.25, -0.2) is 0 Å². The Labute approximate surface area is 230 Å². The van der Waals surface area contributed by atoms with Crippen molar-refractivity contribution in [1.29, 1.82) is 0 Å². The summed E-state index contributed by atoms with van der Waals surface area (Å²) in [4.78, 5) is 2.39. The maximum atomic E-state index is 6.49. The van der Waals surface area contributed by atoms with Gasteiger partial charge in [-0.1, -0.05) is 97.1 Å². The molecule has 186 valence electrons. The summed E-state index contributed by atoms with van der Waals surface area (Å²) in [6.45, 7) is 4.24. The molecular weight excluding hydrogens is 473 g/mol. The fourth-order valence-corrected chi connectivity index (χ4v) is 6.06. The standard InChI is InChI=1S/C36H28BNO/c1-3-11-25(4-2)27-18-21-29(22-19-27)38-32-23-20-28(26-12-6-5-7-13-26)24-31(32)37-30-14-8-9-16-34(30)39-35-17-10-15-33(38)36(35)37/h3-24H,1-2H3/b11-3-,25-4+. The molecule has 0 spiro atoms. The third-order valence-corrected chi connectivity index (χ3v) is 7.83. The molecule has 0 saturated carbocycles. The van der Waals surface area contributed by atoms with E-state index >= 15 is 0 Å². The Morgan fingerprint density at radius 2 is 1.44 bits per heavy atom. The summed E-state index contributed by atoms with van der Waals surface area (Å²) >= 11 is 0. The van der Waals surface area contributed by atoms with Crippen LogP contribution in [-0.4, -0.2) is 6.71 Å². The first kappa shape index (κ1) is 23.4. The van der Waals surface area contributed by atoms with Gasteiger partial charge >= 0.3 is 0 Å². The highest BCUT2D eigenvalue weighted by molar-refractivity contribution is 6.99. The first-order valence-corrected chi connectivity index (χ1v) is 13.6. The molecule has 2 aliphatic rings. The van der Waals surface area contributed by atoms with Crippen LogP contribution in [0.25, 0.3) is 16.7 Å². The van der Waals surface area contributed by atoms with E-state index in [4.69, 9.17) is 4.74 Å². The number of hydrogen-bond acceptors (Lipinski definition) is 2. The smallest absolute Gasteiger partial charge is 0.256 e. The third-order valence-electron chi connectivity index (χ3n) is 7.83. The minimum absolute atomic E-state index is 0.0969. The number of hydrogen-bond donors (Lipinski definition) is 0. The second kappa shape index (κ2) is 9.52. The van der Waals surface area contributed by atoms with Crippen LogP contribution in [0.5, 0.6) is 11.5 Å². The van der Waals surface area contributed by atoms with E-state index < -0.39 is 0 Å². The number of benzene rings is 5. The van der Waals surface area contributed by atoms with Crippen molar-refractivity contribution in [2.75, 3.05) is 4.90 Å². The molecule has 7 rings (SSSR count). The number of para-hydroxylation sites is 1. The van der Waals surface area contributed by atoms with Gasteiger partial charge in [0.05, 0.1) is 0 Å². The summed E-state index contributed by atoms with van der Waals surface area (Å²) in [5.41, 5.74) is 12.1. The summed E-state index contributed by atoms with van der Waals surface area (Å²) < 4.78 is 6.49. The molecule has 3 heteroatoms. The van der Waals surface area contributed by atoms with Crippen LogP contribution < -0.4 is 26.0 Å². The lowest BCUT2D eigenvalue weighted by Gasteiger charge is -2.40. The third kappa shape index (κ3) is 3.81. The van der Waals surface area contributed by atoms with E-state index in [0.29, 0.717) is 0 Å². The van der Waals surface area contributed by atoms with Gasteiger partial charge in [0.1, 0.15) is 11.5 Å². The largest absolute Gasteiger partial charge is 0.458 e. The van der Waals surface area contributed by atoms with E-state index in [0.717, 1.165) is 17.2 Å². The monoisotopic (exact) mass is 501 g/mol. The maximum Gasteiger partial charge on any atom is 0.256 e. The Morgan fingerprint density at radius 3 is 2.23 bits per heavy atom. The number of anilines is 3. The van der Waals surface area contributed by atoms with Crippen LogP contribution in [0.3, 0.4) is 0 Å². The summed E-state index contributed by atoms with van der Waals surface area (Å²) in [7, 11) is 0. The van der Waals surface area contributed by atoms with Gasteiger partial charge in [-0.05, 0) is 88.9 Å². The van der Waals surface area contributed by atoms with Crippen molar-refractivity contribution in [3.05, 3.63) is 139 Å². The number of rotatable bonds is 4. The first-order valence-electron chi connectivity index (χ1n) is 13.6. The zero-order chi connectivity index (χ0) is 26.3. The van der Waals surface area contributed by atoms with Crippen LogP contribution in [0, 0.1) is 0 Å². The van der Waals surface area contributed by atoms with E-state index in [1.165, 1.54) is 50.0 Å². The minimum atomic E-state index is 0.0969. The van der Waals surface area contributed by atoms with Crippen LogP contribution in [0.1, 0.15) is 19.4 Å². The molecule has 0 aromatic heterocycles. The minimum Gasteiger partial charge on any atom is -0.458 e. The van der Waals surface area contributed by atoms with Crippen LogP contribution in [0.2, 0.25) is 0 Å². The molecule has 5 aromatic rings. The molecule has 5 aromatic carbocycles.